The van der Waals surface area contributed by atoms with E-state index in [1.54, 1.807) is 6.07 Å². The van der Waals surface area contributed by atoms with Gasteiger partial charge in [0.2, 0.25) is 5.91 Å². The molecule has 0 spiro atoms. The van der Waals surface area contributed by atoms with Gasteiger partial charge in [-0.15, -0.1) is 0 Å². The molecule has 0 aromatic heterocycles. The summed E-state index contributed by atoms with van der Waals surface area (Å²) in [4.78, 5) is 14.1. The van der Waals surface area contributed by atoms with Crippen LogP contribution in [0.15, 0.2) is 24.3 Å². The number of amides is 1. The predicted octanol–water partition coefficient (Wildman–Crippen LogP) is 3.72. The average Bonchev–Trinajstić information content (AvgIpc) is 2.69. The number of hydrogen-bond donors (Lipinski definition) is 2. The number of likely N-dealkylation sites (tertiary alicyclic amines) is 1. The predicted molar refractivity (Wildman–Crippen MR) is 110 cm³/mol. The van der Waals surface area contributed by atoms with Gasteiger partial charge >= 0.3 is 0 Å². The number of carbonyl (C=O) groups is 1. The fourth-order valence-corrected chi connectivity index (χ4v) is 5.05. The van der Waals surface area contributed by atoms with Gasteiger partial charge in [-0.2, -0.15) is 0 Å². The molecule has 2 aliphatic rings. The summed E-state index contributed by atoms with van der Waals surface area (Å²) in [5.41, 5.74) is 7.34. The van der Waals surface area contributed by atoms with E-state index in [1.807, 2.05) is 12.1 Å². The van der Waals surface area contributed by atoms with Crippen LogP contribution in [0.2, 0.25) is 0 Å². The van der Waals surface area contributed by atoms with Crippen molar-refractivity contribution < 1.29 is 9.90 Å². The van der Waals surface area contributed by atoms with Crippen LogP contribution in [0.25, 0.3) is 0 Å². The maximum Gasteiger partial charge on any atom is 0.248 e. The van der Waals surface area contributed by atoms with Crippen LogP contribution >= 0.6 is 0 Å². The summed E-state index contributed by atoms with van der Waals surface area (Å²) in [7, 11) is 0. The minimum absolute atomic E-state index is 0.0595. The van der Waals surface area contributed by atoms with Crippen LogP contribution in [0, 0.1) is 11.8 Å². The Kier molecular flexibility index (Phi) is 6.59. The summed E-state index contributed by atoms with van der Waals surface area (Å²) in [6.07, 6.45) is 8.12. The molecular weight excluding hydrogens is 336 g/mol. The van der Waals surface area contributed by atoms with E-state index in [0.29, 0.717) is 17.4 Å². The van der Waals surface area contributed by atoms with Gasteiger partial charge in [-0.3, -0.25) is 4.79 Å². The molecule has 4 nitrogen and oxygen atoms in total. The Hall–Kier alpha value is -1.39. The molecule has 27 heavy (non-hydrogen) atoms. The first-order valence-corrected chi connectivity index (χ1v) is 10.7. The van der Waals surface area contributed by atoms with Crippen molar-refractivity contribution in [1.82, 2.24) is 4.90 Å². The largest absolute Gasteiger partial charge is 0.393 e. The Bertz CT molecular complexity index is 641. The molecule has 1 amide bonds. The number of rotatable bonds is 6. The van der Waals surface area contributed by atoms with Crippen LogP contribution in [0.4, 0.5) is 0 Å². The van der Waals surface area contributed by atoms with Crippen LogP contribution in [-0.4, -0.2) is 41.7 Å². The van der Waals surface area contributed by atoms with E-state index in [2.05, 4.69) is 24.8 Å². The Labute approximate surface area is 164 Å². The second-order valence-corrected chi connectivity index (χ2v) is 9.07. The second kappa shape index (κ2) is 8.74. The zero-order chi connectivity index (χ0) is 19.4. The molecule has 0 radical (unpaired) electrons. The highest BCUT2D eigenvalue weighted by molar-refractivity contribution is 5.92. The van der Waals surface area contributed by atoms with Crippen molar-refractivity contribution in [3.8, 4) is 0 Å². The Morgan fingerprint density at radius 3 is 2.74 bits per heavy atom. The van der Waals surface area contributed by atoms with E-state index in [9.17, 15) is 9.90 Å². The number of aliphatic hydroxyl groups excluding tert-OH is 1. The number of nitrogens with zero attached hydrogens (tertiary/aromatic N) is 1. The van der Waals surface area contributed by atoms with Crippen LogP contribution in [0.1, 0.15) is 74.7 Å². The van der Waals surface area contributed by atoms with Crippen LogP contribution in [0.5, 0.6) is 0 Å². The third kappa shape index (κ3) is 4.72. The van der Waals surface area contributed by atoms with Gasteiger partial charge in [-0.1, -0.05) is 45.2 Å². The number of piperidine rings is 1. The number of aliphatic hydroxyl groups is 1. The van der Waals surface area contributed by atoms with Crippen molar-refractivity contribution in [2.75, 3.05) is 19.6 Å². The lowest BCUT2D eigenvalue weighted by molar-refractivity contribution is 0.0502. The summed E-state index contributed by atoms with van der Waals surface area (Å²) in [5.74, 6) is 0.645. The first-order valence-electron chi connectivity index (χ1n) is 10.7. The molecule has 1 heterocycles. The molecule has 1 aliphatic carbocycles. The topological polar surface area (TPSA) is 66.6 Å². The number of benzene rings is 1. The molecule has 150 valence electrons. The van der Waals surface area contributed by atoms with Crippen molar-refractivity contribution in [3.63, 3.8) is 0 Å². The molecule has 1 saturated heterocycles. The van der Waals surface area contributed by atoms with E-state index in [-0.39, 0.29) is 17.4 Å². The highest BCUT2D eigenvalue weighted by Gasteiger charge is 2.38. The molecule has 1 aliphatic heterocycles. The van der Waals surface area contributed by atoms with Crippen LogP contribution < -0.4 is 5.73 Å². The fraction of sp³-hybridized carbons (Fsp3) is 0.696. The van der Waals surface area contributed by atoms with Gasteiger partial charge in [-0.25, -0.2) is 0 Å². The van der Waals surface area contributed by atoms with E-state index >= 15 is 0 Å². The number of nitrogens with two attached hydrogens (primary N) is 1. The third-order valence-electron chi connectivity index (χ3n) is 7.31. The average molecular weight is 373 g/mol. The Morgan fingerprint density at radius 2 is 2.07 bits per heavy atom. The minimum Gasteiger partial charge on any atom is -0.393 e. The van der Waals surface area contributed by atoms with Gasteiger partial charge in [0, 0.05) is 18.7 Å². The van der Waals surface area contributed by atoms with Crippen LogP contribution in [-0.2, 0) is 5.41 Å². The Balaban J connectivity index is 1.56. The monoisotopic (exact) mass is 372 g/mol. The lowest BCUT2D eigenvalue weighted by Crippen LogP contribution is -2.48. The summed E-state index contributed by atoms with van der Waals surface area (Å²) in [6.45, 7) is 7.68. The molecule has 1 aromatic carbocycles. The summed E-state index contributed by atoms with van der Waals surface area (Å²) in [5, 5.41) is 10.6. The van der Waals surface area contributed by atoms with Crippen molar-refractivity contribution >= 4 is 5.91 Å². The zero-order valence-electron chi connectivity index (χ0n) is 17.0. The molecule has 3 atom stereocenters. The van der Waals surface area contributed by atoms with Crippen molar-refractivity contribution in [1.29, 1.82) is 0 Å². The first kappa shape index (κ1) is 20.3. The van der Waals surface area contributed by atoms with Gasteiger partial charge in [0.1, 0.15) is 0 Å². The number of hydrogen-bond acceptors (Lipinski definition) is 3. The molecule has 3 rings (SSSR count). The highest BCUT2D eigenvalue weighted by Crippen LogP contribution is 2.39. The van der Waals surface area contributed by atoms with Gasteiger partial charge in [0.05, 0.1) is 6.10 Å². The Morgan fingerprint density at radius 1 is 1.33 bits per heavy atom. The van der Waals surface area contributed by atoms with E-state index in [0.717, 1.165) is 32.5 Å². The third-order valence-corrected chi connectivity index (χ3v) is 7.31. The standard InChI is InChI=1S/C23H36N2O2/c1-17-16-25(13-11-21(26)18-7-4-3-5-8-18)14-12-23(17,2)20-10-6-9-19(15-20)22(24)27/h6,9-10,15,17-18,21,26H,3-5,7-8,11-14,16H2,1-2H3,(H2,24,27)/t17-,21+,23+/m0/s1. The van der Waals surface area contributed by atoms with Crippen molar-refractivity contribution in [2.45, 2.75) is 70.3 Å². The molecule has 1 saturated carbocycles. The molecular formula is C23H36N2O2. The molecule has 0 bridgehead atoms. The first-order chi connectivity index (χ1) is 12.9. The van der Waals surface area contributed by atoms with Gasteiger partial charge in [0.25, 0.3) is 0 Å². The van der Waals surface area contributed by atoms with Gasteiger partial charge in [-0.05, 0) is 67.2 Å². The normalized spacial score (nSPS) is 28.8. The van der Waals surface area contributed by atoms with E-state index in [1.165, 1.54) is 37.7 Å². The number of carbonyl (C=O) groups excluding carboxylic acids is 1. The minimum atomic E-state index is -0.359. The summed E-state index contributed by atoms with van der Waals surface area (Å²) >= 11 is 0. The van der Waals surface area contributed by atoms with E-state index in [4.69, 9.17) is 5.73 Å². The summed E-state index contributed by atoms with van der Waals surface area (Å²) in [6, 6.07) is 7.84. The molecule has 1 aromatic rings. The zero-order valence-corrected chi connectivity index (χ0v) is 17.0. The SMILES string of the molecule is C[C@H]1CN(CC[C@@H](O)C2CCCCC2)CC[C@@]1(C)c1cccc(C(N)=O)c1. The van der Waals surface area contributed by atoms with Gasteiger partial charge < -0.3 is 15.7 Å². The van der Waals surface area contributed by atoms with Crippen LogP contribution in [0.3, 0.4) is 0 Å². The summed E-state index contributed by atoms with van der Waals surface area (Å²) < 4.78 is 0. The lowest BCUT2D eigenvalue weighted by Gasteiger charge is -2.45. The second-order valence-electron chi connectivity index (χ2n) is 9.07. The lowest BCUT2D eigenvalue weighted by atomic mass is 9.67. The quantitative estimate of drug-likeness (QED) is 0.800. The number of primary amides is 1. The smallest absolute Gasteiger partial charge is 0.248 e. The fourth-order valence-electron chi connectivity index (χ4n) is 5.05. The molecule has 0 unspecified atom stereocenters. The van der Waals surface area contributed by atoms with Crippen molar-refractivity contribution in [2.24, 2.45) is 17.6 Å². The van der Waals surface area contributed by atoms with Crippen molar-refractivity contribution in [3.05, 3.63) is 35.4 Å². The molecule has 3 N–H and O–H groups in total. The van der Waals surface area contributed by atoms with Gasteiger partial charge in [0.15, 0.2) is 0 Å². The molecule has 4 heteroatoms. The highest BCUT2D eigenvalue weighted by atomic mass is 16.3. The maximum absolute atomic E-state index is 11.5. The maximum atomic E-state index is 11.5. The molecule has 2 fully saturated rings. The van der Waals surface area contributed by atoms with E-state index < -0.39 is 0 Å².